The number of hydrogen-bond acceptors (Lipinski definition) is 5. The number of rotatable bonds is 8. The first-order chi connectivity index (χ1) is 9.97. The summed E-state index contributed by atoms with van der Waals surface area (Å²) in [6.07, 6.45) is -0.0724. The molecule has 7 heteroatoms. The summed E-state index contributed by atoms with van der Waals surface area (Å²) < 4.78 is 10.5. The van der Waals surface area contributed by atoms with Crippen LogP contribution in [0.4, 0.5) is 5.69 Å². The van der Waals surface area contributed by atoms with Gasteiger partial charge in [0, 0.05) is 18.2 Å². The molecule has 1 atom stereocenters. The molecule has 0 heterocycles. The average Bonchev–Trinajstić information content (AvgIpc) is 2.45. The van der Waals surface area contributed by atoms with E-state index in [4.69, 9.17) is 20.3 Å². The van der Waals surface area contributed by atoms with Crippen LogP contribution in [0, 0.1) is 0 Å². The van der Waals surface area contributed by atoms with Gasteiger partial charge in [0.2, 0.25) is 5.91 Å². The predicted octanol–water partition coefficient (Wildman–Crippen LogP) is 1.22. The van der Waals surface area contributed by atoms with Crippen molar-refractivity contribution in [3.8, 4) is 11.5 Å². The lowest BCUT2D eigenvalue weighted by molar-refractivity contribution is -0.137. The van der Waals surface area contributed by atoms with Gasteiger partial charge >= 0.3 is 5.97 Å². The van der Waals surface area contributed by atoms with E-state index in [0.717, 1.165) is 0 Å². The first kappa shape index (κ1) is 16.8. The number of carbonyl (C=O) groups excluding carboxylic acids is 1. The van der Waals surface area contributed by atoms with Gasteiger partial charge in [0.15, 0.2) is 11.5 Å². The Morgan fingerprint density at radius 3 is 2.67 bits per heavy atom. The van der Waals surface area contributed by atoms with Crippen molar-refractivity contribution in [2.75, 3.05) is 19.0 Å². The van der Waals surface area contributed by atoms with E-state index in [0.29, 0.717) is 23.8 Å². The number of nitrogens with two attached hydrogens (primary N) is 1. The smallest absolute Gasteiger partial charge is 0.303 e. The van der Waals surface area contributed by atoms with E-state index < -0.39 is 17.9 Å². The number of carbonyl (C=O) groups is 2. The molecule has 0 aromatic heterocycles. The van der Waals surface area contributed by atoms with Crippen molar-refractivity contribution in [3.05, 3.63) is 18.2 Å². The topological polar surface area (TPSA) is 111 Å². The molecule has 0 aliphatic rings. The van der Waals surface area contributed by atoms with Crippen LogP contribution in [0.15, 0.2) is 18.2 Å². The number of hydrogen-bond donors (Lipinski definition) is 3. The SMILES string of the molecule is CCOc1cc(NC(=O)C(N)CCC(=O)O)ccc1OC. The molecule has 1 rings (SSSR count). The molecule has 7 nitrogen and oxygen atoms in total. The van der Waals surface area contributed by atoms with Crippen LogP contribution in [-0.4, -0.2) is 36.7 Å². The van der Waals surface area contributed by atoms with Gasteiger partial charge < -0.3 is 25.6 Å². The van der Waals surface area contributed by atoms with Crippen molar-refractivity contribution in [2.45, 2.75) is 25.8 Å². The van der Waals surface area contributed by atoms with Gasteiger partial charge in [0.05, 0.1) is 19.8 Å². The van der Waals surface area contributed by atoms with E-state index in [1.54, 1.807) is 18.2 Å². The molecular weight excluding hydrogens is 276 g/mol. The van der Waals surface area contributed by atoms with Crippen LogP contribution in [0.3, 0.4) is 0 Å². The number of amides is 1. The van der Waals surface area contributed by atoms with E-state index in [2.05, 4.69) is 5.32 Å². The van der Waals surface area contributed by atoms with E-state index >= 15 is 0 Å². The summed E-state index contributed by atoms with van der Waals surface area (Å²) in [7, 11) is 1.53. The maximum atomic E-state index is 11.8. The number of ether oxygens (including phenoxy) is 2. The molecule has 1 amide bonds. The molecule has 1 aromatic carbocycles. The van der Waals surface area contributed by atoms with Gasteiger partial charge in [0.25, 0.3) is 0 Å². The molecule has 4 N–H and O–H groups in total. The van der Waals surface area contributed by atoms with E-state index in [1.165, 1.54) is 7.11 Å². The Morgan fingerprint density at radius 1 is 1.38 bits per heavy atom. The summed E-state index contributed by atoms with van der Waals surface area (Å²) >= 11 is 0. The number of anilines is 1. The van der Waals surface area contributed by atoms with Crippen molar-refractivity contribution in [3.63, 3.8) is 0 Å². The number of benzene rings is 1. The van der Waals surface area contributed by atoms with E-state index in [1.807, 2.05) is 6.92 Å². The molecule has 0 bridgehead atoms. The minimum Gasteiger partial charge on any atom is -0.493 e. The summed E-state index contributed by atoms with van der Waals surface area (Å²) in [6.45, 7) is 2.30. The van der Waals surface area contributed by atoms with Crippen LogP contribution in [-0.2, 0) is 9.59 Å². The van der Waals surface area contributed by atoms with Crippen LogP contribution in [0.5, 0.6) is 11.5 Å². The van der Waals surface area contributed by atoms with Gasteiger partial charge in [-0.05, 0) is 25.5 Å². The Labute approximate surface area is 123 Å². The molecule has 1 unspecified atom stereocenters. The van der Waals surface area contributed by atoms with Gasteiger partial charge in [-0.1, -0.05) is 0 Å². The summed E-state index contributed by atoms with van der Waals surface area (Å²) in [6, 6.07) is 4.08. The largest absolute Gasteiger partial charge is 0.493 e. The highest BCUT2D eigenvalue weighted by molar-refractivity contribution is 5.95. The lowest BCUT2D eigenvalue weighted by Gasteiger charge is -2.14. The standard InChI is InChI=1S/C14H20N2O5/c1-3-21-12-8-9(4-6-11(12)20-2)16-14(19)10(15)5-7-13(17)18/h4,6,8,10H,3,5,7,15H2,1-2H3,(H,16,19)(H,17,18). The molecule has 1 aromatic rings. The van der Waals surface area contributed by atoms with Gasteiger partial charge in [-0.3, -0.25) is 9.59 Å². The molecule has 0 aliphatic carbocycles. The molecule has 0 spiro atoms. The Hall–Kier alpha value is -2.28. The number of aliphatic carboxylic acids is 1. The van der Waals surface area contributed by atoms with Gasteiger partial charge in [-0.25, -0.2) is 0 Å². The van der Waals surface area contributed by atoms with Crippen molar-refractivity contribution in [1.82, 2.24) is 0 Å². The summed E-state index contributed by atoms with van der Waals surface area (Å²) in [5.41, 5.74) is 6.14. The zero-order chi connectivity index (χ0) is 15.8. The zero-order valence-electron chi connectivity index (χ0n) is 12.1. The van der Waals surface area contributed by atoms with Crippen LogP contribution in [0.25, 0.3) is 0 Å². The van der Waals surface area contributed by atoms with Crippen LogP contribution < -0.4 is 20.5 Å². The Morgan fingerprint density at radius 2 is 2.10 bits per heavy atom. The first-order valence-electron chi connectivity index (χ1n) is 6.57. The fourth-order valence-electron chi connectivity index (χ4n) is 1.67. The van der Waals surface area contributed by atoms with Crippen LogP contribution in [0.2, 0.25) is 0 Å². The number of carboxylic acid groups (broad SMARTS) is 1. The summed E-state index contributed by atoms with van der Waals surface area (Å²) in [5.74, 6) is -0.355. The summed E-state index contributed by atoms with van der Waals surface area (Å²) in [5, 5.41) is 11.2. The lowest BCUT2D eigenvalue weighted by Crippen LogP contribution is -2.36. The highest BCUT2D eigenvalue weighted by Crippen LogP contribution is 2.30. The Bertz CT molecular complexity index is 504. The molecule has 0 saturated carbocycles. The monoisotopic (exact) mass is 296 g/mol. The second-order valence-electron chi connectivity index (χ2n) is 4.33. The Balaban J connectivity index is 2.71. The number of methoxy groups -OCH3 is 1. The second-order valence-corrected chi connectivity index (χ2v) is 4.33. The summed E-state index contributed by atoms with van der Waals surface area (Å²) in [4.78, 5) is 22.3. The van der Waals surface area contributed by atoms with Crippen molar-refractivity contribution in [1.29, 1.82) is 0 Å². The van der Waals surface area contributed by atoms with E-state index in [9.17, 15) is 9.59 Å². The maximum absolute atomic E-state index is 11.8. The molecule has 0 saturated heterocycles. The number of carboxylic acids is 1. The van der Waals surface area contributed by atoms with Crippen molar-refractivity contribution in [2.24, 2.45) is 5.73 Å². The van der Waals surface area contributed by atoms with Crippen molar-refractivity contribution >= 4 is 17.6 Å². The fraction of sp³-hybridized carbons (Fsp3) is 0.429. The van der Waals surface area contributed by atoms with E-state index in [-0.39, 0.29) is 12.8 Å². The Kier molecular flexibility index (Phi) is 6.48. The van der Waals surface area contributed by atoms with Crippen LogP contribution in [0.1, 0.15) is 19.8 Å². The molecule has 0 aliphatic heterocycles. The third-order valence-corrected chi connectivity index (χ3v) is 2.74. The third-order valence-electron chi connectivity index (χ3n) is 2.74. The quantitative estimate of drug-likeness (QED) is 0.665. The average molecular weight is 296 g/mol. The minimum absolute atomic E-state index is 0.0790. The highest BCUT2D eigenvalue weighted by Gasteiger charge is 2.16. The zero-order valence-corrected chi connectivity index (χ0v) is 12.1. The van der Waals surface area contributed by atoms with Crippen LogP contribution >= 0.6 is 0 Å². The normalized spacial score (nSPS) is 11.6. The first-order valence-corrected chi connectivity index (χ1v) is 6.57. The highest BCUT2D eigenvalue weighted by atomic mass is 16.5. The minimum atomic E-state index is -0.985. The molecule has 0 fully saturated rings. The predicted molar refractivity (Wildman–Crippen MR) is 77.6 cm³/mol. The number of nitrogens with one attached hydrogen (secondary N) is 1. The van der Waals surface area contributed by atoms with Gasteiger partial charge in [-0.2, -0.15) is 0 Å². The maximum Gasteiger partial charge on any atom is 0.303 e. The molecule has 116 valence electrons. The molecule has 0 radical (unpaired) electrons. The molecule has 21 heavy (non-hydrogen) atoms. The second kappa shape index (κ2) is 8.11. The fourth-order valence-corrected chi connectivity index (χ4v) is 1.67. The van der Waals surface area contributed by atoms with Gasteiger partial charge in [-0.15, -0.1) is 0 Å². The third kappa shape index (κ3) is 5.31. The van der Waals surface area contributed by atoms with Crippen molar-refractivity contribution < 1.29 is 24.2 Å². The molecular formula is C14H20N2O5. The van der Waals surface area contributed by atoms with Gasteiger partial charge in [0.1, 0.15) is 0 Å². The lowest BCUT2D eigenvalue weighted by atomic mass is 10.1.